The van der Waals surface area contributed by atoms with Crippen LogP contribution in [0.15, 0.2) is 17.6 Å². The van der Waals surface area contributed by atoms with Crippen molar-refractivity contribution in [1.82, 2.24) is 14.9 Å². The van der Waals surface area contributed by atoms with E-state index < -0.39 is 5.60 Å². The number of likely N-dealkylation sites (tertiary alicyclic amines) is 1. The molecule has 0 radical (unpaired) electrons. The number of amides is 2. The molecule has 1 saturated carbocycles. The maximum absolute atomic E-state index is 14.2. The Kier molecular flexibility index (Phi) is 8.95. The molecule has 0 aromatic carbocycles. The van der Waals surface area contributed by atoms with E-state index >= 15 is 0 Å². The molecule has 2 fully saturated rings. The quantitative estimate of drug-likeness (QED) is 0.478. The van der Waals surface area contributed by atoms with Gasteiger partial charge in [0.1, 0.15) is 11.4 Å². The van der Waals surface area contributed by atoms with Crippen molar-refractivity contribution in [2.75, 3.05) is 29.9 Å². The third-order valence-corrected chi connectivity index (χ3v) is 9.26. The molecular formula is C30H43N5O4S. The second kappa shape index (κ2) is 12.4. The summed E-state index contributed by atoms with van der Waals surface area (Å²) in [7, 11) is 0. The SMILES string of the molecule is CC(C)(C)OC(=O)N1CCC(CN(C(=O)c2scc3c2CCCC3)c2ccnc(NC3CCC(O)CC3)n2)CC1. The number of nitrogens with one attached hydrogen (secondary N) is 1. The number of aryl methyl sites for hydroxylation is 1. The first-order chi connectivity index (χ1) is 19.2. The van der Waals surface area contributed by atoms with E-state index in [1.165, 1.54) is 17.5 Å². The minimum absolute atomic E-state index is 0.00756. The number of fused-ring (bicyclic) bond motifs is 1. The third kappa shape index (κ3) is 7.13. The summed E-state index contributed by atoms with van der Waals surface area (Å²) in [5.74, 6) is 1.37. The first kappa shape index (κ1) is 28.8. The number of carbonyl (C=O) groups excluding carboxylic acids is 2. The fourth-order valence-electron chi connectivity index (χ4n) is 5.96. The highest BCUT2D eigenvalue weighted by Gasteiger charge is 2.32. The predicted molar refractivity (Wildman–Crippen MR) is 157 cm³/mol. The minimum atomic E-state index is -0.521. The van der Waals surface area contributed by atoms with E-state index in [1.54, 1.807) is 22.4 Å². The largest absolute Gasteiger partial charge is 0.444 e. The van der Waals surface area contributed by atoms with Crippen LogP contribution in [-0.4, -0.2) is 69.4 Å². The number of thiophene rings is 1. The lowest BCUT2D eigenvalue weighted by atomic mass is 9.93. The van der Waals surface area contributed by atoms with Crippen molar-refractivity contribution in [3.05, 3.63) is 33.6 Å². The molecule has 0 unspecified atom stereocenters. The second-order valence-corrected chi connectivity index (χ2v) is 13.4. The summed E-state index contributed by atoms with van der Waals surface area (Å²) in [6, 6.07) is 2.04. The van der Waals surface area contributed by atoms with Gasteiger partial charge in [0, 0.05) is 31.9 Å². The minimum Gasteiger partial charge on any atom is -0.444 e. The molecule has 9 nitrogen and oxygen atoms in total. The normalized spacial score (nSPS) is 21.9. The van der Waals surface area contributed by atoms with Crippen LogP contribution in [0.1, 0.15) is 92.9 Å². The van der Waals surface area contributed by atoms with Gasteiger partial charge in [-0.2, -0.15) is 4.98 Å². The van der Waals surface area contributed by atoms with Crippen molar-refractivity contribution < 1.29 is 19.4 Å². The van der Waals surface area contributed by atoms with Crippen LogP contribution in [0.5, 0.6) is 0 Å². The molecule has 0 bridgehead atoms. The first-order valence-electron chi connectivity index (χ1n) is 14.8. The molecule has 0 spiro atoms. The second-order valence-electron chi connectivity index (χ2n) is 12.5. The Bertz CT molecular complexity index is 1180. The number of nitrogens with zero attached hydrogens (tertiary/aromatic N) is 4. The average Bonchev–Trinajstić information content (AvgIpc) is 3.36. The Morgan fingerprint density at radius 3 is 2.58 bits per heavy atom. The highest BCUT2D eigenvalue weighted by molar-refractivity contribution is 7.12. The molecule has 40 heavy (non-hydrogen) atoms. The number of hydrogen-bond acceptors (Lipinski definition) is 8. The van der Waals surface area contributed by atoms with Gasteiger partial charge in [0.15, 0.2) is 0 Å². The summed E-state index contributed by atoms with van der Waals surface area (Å²) in [5.41, 5.74) is 2.00. The van der Waals surface area contributed by atoms with E-state index in [2.05, 4.69) is 15.7 Å². The Balaban J connectivity index is 1.33. The zero-order valence-corrected chi connectivity index (χ0v) is 24.8. The molecule has 2 aliphatic carbocycles. The average molecular weight is 570 g/mol. The Hall–Kier alpha value is -2.72. The van der Waals surface area contributed by atoms with Crippen LogP contribution < -0.4 is 10.2 Å². The maximum Gasteiger partial charge on any atom is 0.410 e. The number of ether oxygens (including phenoxy) is 1. The van der Waals surface area contributed by atoms with Gasteiger partial charge in [0.05, 0.1) is 11.0 Å². The summed E-state index contributed by atoms with van der Waals surface area (Å²) >= 11 is 1.56. The summed E-state index contributed by atoms with van der Waals surface area (Å²) < 4.78 is 5.57. The molecule has 3 aliphatic rings. The van der Waals surface area contributed by atoms with E-state index in [0.29, 0.717) is 31.4 Å². The van der Waals surface area contributed by atoms with Gasteiger partial charge in [-0.1, -0.05) is 0 Å². The van der Waals surface area contributed by atoms with E-state index in [1.807, 2.05) is 31.7 Å². The van der Waals surface area contributed by atoms with Gasteiger partial charge in [0.25, 0.3) is 5.91 Å². The highest BCUT2D eigenvalue weighted by atomic mass is 32.1. The van der Waals surface area contributed by atoms with Crippen molar-refractivity contribution >= 4 is 35.1 Å². The molecule has 1 aliphatic heterocycles. The molecular weight excluding hydrogens is 526 g/mol. The standard InChI is InChI=1S/C30H43N5O4S/c1-30(2,3)39-29(38)34-16-13-20(14-17-34)18-35(27(37)26-24-7-5-4-6-21(24)19-40-26)25-12-15-31-28(33-25)32-22-8-10-23(36)11-9-22/h12,15,19-20,22-23,36H,4-11,13-14,16-18H2,1-3H3,(H,31,32,33). The number of rotatable bonds is 6. The zero-order valence-electron chi connectivity index (χ0n) is 24.0. The Morgan fingerprint density at radius 1 is 1.12 bits per heavy atom. The summed E-state index contributed by atoms with van der Waals surface area (Å²) in [6.07, 6.45) is 10.4. The lowest BCUT2D eigenvalue weighted by molar-refractivity contribution is 0.0185. The van der Waals surface area contributed by atoms with Crippen LogP contribution >= 0.6 is 11.3 Å². The number of hydrogen-bond donors (Lipinski definition) is 2. The Morgan fingerprint density at radius 2 is 1.85 bits per heavy atom. The van der Waals surface area contributed by atoms with E-state index in [0.717, 1.165) is 62.7 Å². The molecule has 5 rings (SSSR count). The van der Waals surface area contributed by atoms with Crippen LogP contribution in [0.4, 0.5) is 16.6 Å². The van der Waals surface area contributed by atoms with Crippen LogP contribution in [0.3, 0.4) is 0 Å². The molecule has 1 saturated heterocycles. The van der Waals surface area contributed by atoms with Gasteiger partial charge in [-0.25, -0.2) is 9.78 Å². The summed E-state index contributed by atoms with van der Waals surface area (Å²) in [4.78, 5) is 40.5. The van der Waals surface area contributed by atoms with E-state index in [9.17, 15) is 14.7 Å². The molecule has 2 amide bonds. The summed E-state index contributed by atoms with van der Waals surface area (Å²) in [5, 5.41) is 15.5. The number of carbonyl (C=O) groups is 2. The van der Waals surface area contributed by atoms with Gasteiger partial charge in [0.2, 0.25) is 5.95 Å². The zero-order chi connectivity index (χ0) is 28.3. The number of piperidine rings is 1. The number of anilines is 2. The number of aliphatic hydroxyl groups is 1. The number of aliphatic hydroxyl groups excluding tert-OH is 1. The molecule has 10 heteroatoms. The lowest BCUT2D eigenvalue weighted by Gasteiger charge is -2.35. The molecule has 2 aromatic heterocycles. The van der Waals surface area contributed by atoms with Crippen LogP contribution in [0.2, 0.25) is 0 Å². The van der Waals surface area contributed by atoms with E-state index in [4.69, 9.17) is 9.72 Å². The van der Waals surface area contributed by atoms with Crippen LogP contribution in [-0.2, 0) is 17.6 Å². The van der Waals surface area contributed by atoms with Gasteiger partial charge >= 0.3 is 6.09 Å². The van der Waals surface area contributed by atoms with Crippen molar-refractivity contribution in [2.24, 2.45) is 5.92 Å². The fourth-order valence-corrected chi connectivity index (χ4v) is 7.06. The van der Waals surface area contributed by atoms with E-state index in [-0.39, 0.29) is 30.1 Å². The monoisotopic (exact) mass is 569 g/mol. The maximum atomic E-state index is 14.2. The van der Waals surface area contributed by atoms with Crippen molar-refractivity contribution in [1.29, 1.82) is 0 Å². The van der Waals surface area contributed by atoms with Gasteiger partial charge in [-0.15, -0.1) is 11.3 Å². The predicted octanol–water partition coefficient (Wildman–Crippen LogP) is 5.43. The van der Waals surface area contributed by atoms with Crippen LogP contribution in [0.25, 0.3) is 0 Å². The fraction of sp³-hybridized carbons (Fsp3) is 0.667. The highest BCUT2D eigenvalue weighted by Crippen LogP contribution is 2.33. The smallest absolute Gasteiger partial charge is 0.410 e. The topological polar surface area (TPSA) is 108 Å². The first-order valence-corrected chi connectivity index (χ1v) is 15.7. The molecule has 2 N–H and O–H groups in total. The van der Waals surface area contributed by atoms with Gasteiger partial charge in [-0.05, 0) is 113 Å². The van der Waals surface area contributed by atoms with Crippen LogP contribution in [0, 0.1) is 5.92 Å². The van der Waals surface area contributed by atoms with Gasteiger partial charge in [-0.3, -0.25) is 9.69 Å². The van der Waals surface area contributed by atoms with Crippen molar-refractivity contribution in [3.8, 4) is 0 Å². The third-order valence-electron chi connectivity index (χ3n) is 8.20. The molecule has 218 valence electrons. The Labute approximate surface area is 241 Å². The van der Waals surface area contributed by atoms with Crippen molar-refractivity contribution in [3.63, 3.8) is 0 Å². The molecule has 2 aromatic rings. The molecule has 3 heterocycles. The van der Waals surface area contributed by atoms with Gasteiger partial charge < -0.3 is 20.1 Å². The molecule has 0 atom stereocenters. The summed E-state index contributed by atoms with van der Waals surface area (Å²) in [6.45, 7) is 7.41. The number of aromatic nitrogens is 2. The lowest BCUT2D eigenvalue weighted by Crippen LogP contribution is -2.45. The van der Waals surface area contributed by atoms with Crippen molar-refractivity contribution in [2.45, 2.75) is 103 Å².